The van der Waals surface area contributed by atoms with Crippen LogP contribution in [0.4, 0.5) is 16.9 Å². The molecule has 0 saturated carbocycles. The number of nitrogen functional groups attached to an aromatic ring is 3. The number of oxime groups is 1. The molecule has 3 aromatic heterocycles. The number of carboxylic acid groups (broad SMARTS) is 2. The van der Waals surface area contributed by atoms with Gasteiger partial charge in [0, 0.05) is 16.5 Å². The molecule has 2 aliphatic rings. The number of carbonyl (C=O) groups is 4. The summed E-state index contributed by atoms with van der Waals surface area (Å²) >= 11 is 7.25. The normalized spacial score (nSPS) is 20.4. The average Bonchev–Trinajstić information content (AvgIpc) is 3.56. The Morgan fingerprint density at radius 2 is 2.09 bits per heavy atom. The van der Waals surface area contributed by atoms with Crippen molar-refractivity contribution in [3.63, 3.8) is 0 Å². The van der Waals surface area contributed by atoms with Crippen LogP contribution in [-0.2, 0) is 31.1 Å². The molecule has 2 amide bonds. The third-order valence-electron chi connectivity index (χ3n) is 7.19. The lowest BCUT2D eigenvalue weighted by molar-refractivity contribution is -0.583. The summed E-state index contributed by atoms with van der Waals surface area (Å²) in [6.45, 7) is 3.24. The van der Waals surface area contributed by atoms with Crippen LogP contribution in [0, 0.1) is 6.92 Å². The van der Waals surface area contributed by atoms with Gasteiger partial charge in [0.25, 0.3) is 29.2 Å². The number of hydrogen-bond acceptors (Lipinski definition) is 16. The molecule has 1 fully saturated rings. The number of nitrogens with two attached hydrogens (primary N) is 3. The molecular formula is C24H25N11O7S3. The second-order valence-electron chi connectivity index (χ2n) is 9.84. The van der Waals surface area contributed by atoms with Crippen LogP contribution in [0.1, 0.15) is 30.4 Å². The maximum atomic E-state index is 13.8. The van der Waals surface area contributed by atoms with Crippen LogP contribution in [0.2, 0.25) is 0 Å². The number of rotatable bonds is 10. The Labute approximate surface area is 266 Å². The summed E-state index contributed by atoms with van der Waals surface area (Å²) in [6.07, 6.45) is -1.35. The lowest BCUT2D eigenvalue weighted by atomic mass is 9.87. The second kappa shape index (κ2) is 11.6. The highest BCUT2D eigenvalue weighted by Gasteiger charge is 2.64. The molecule has 21 heteroatoms. The van der Waals surface area contributed by atoms with Crippen molar-refractivity contribution in [2.75, 3.05) is 23.0 Å². The molecule has 0 aromatic carbocycles. The van der Waals surface area contributed by atoms with Gasteiger partial charge in [-0.05, 0) is 13.3 Å². The zero-order chi connectivity index (χ0) is 33.0. The summed E-state index contributed by atoms with van der Waals surface area (Å²) in [5.74, 6) is -4.74. The molecule has 2 aliphatic heterocycles. The molecule has 1 saturated heterocycles. The van der Waals surface area contributed by atoms with E-state index in [0.29, 0.717) is 11.2 Å². The van der Waals surface area contributed by atoms with Gasteiger partial charge in [-0.1, -0.05) is 38.9 Å². The highest BCUT2D eigenvalue weighted by atomic mass is 32.2. The summed E-state index contributed by atoms with van der Waals surface area (Å²) < 4.78 is 2.88. The van der Waals surface area contributed by atoms with E-state index < -0.39 is 52.2 Å². The van der Waals surface area contributed by atoms with Gasteiger partial charge in [-0.25, -0.2) is 14.3 Å². The maximum absolute atomic E-state index is 13.8. The second-order valence-corrected chi connectivity index (χ2v) is 12.0. The third-order valence-corrected chi connectivity index (χ3v) is 9.59. The van der Waals surface area contributed by atoms with Gasteiger partial charge in [0.05, 0.1) is 29.9 Å². The first-order valence-corrected chi connectivity index (χ1v) is 15.3. The van der Waals surface area contributed by atoms with Gasteiger partial charge < -0.3 is 42.4 Å². The quantitative estimate of drug-likeness (QED) is 0.0492. The van der Waals surface area contributed by atoms with Crippen LogP contribution in [0.15, 0.2) is 16.2 Å². The van der Waals surface area contributed by atoms with Crippen LogP contribution in [0.3, 0.4) is 0 Å². The molecule has 45 heavy (non-hydrogen) atoms. The largest absolute Gasteiger partial charge is 0.543 e. The zero-order valence-corrected chi connectivity index (χ0v) is 26.2. The monoisotopic (exact) mass is 675 g/mol. The average molecular weight is 676 g/mol. The van der Waals surface area contributed by atoms with E-state index in [1.807, 2.05) is 0 Å². The Bertz CT molecular complexity index is 1870. The molecule has 3 aromatic rings. The minimum atomic E-state index is -1.89. The highest BCUT2D eigenvalue weighted by molar-refractivity contribution is 8.00. The van der Waals surface area contributed by atoms with Gasteiger partial charge in [-0.15, -0.1) is 23.1 Å². The number of hydrogen-bond donors (Lipinski definition) is 5. The minimum absolute atomic E-state index is 0.0267. The third kappa shape index (κ3) is 4.97. The minimum Gasteiger partial charge on any atom is -0.543 e. The van der Waals surface area contributed by atoms with Crippen molar-refractivity contribution < 1.29 is 38.7 Å². The Hall–Kier alpha value is -4.89. The van der Waals surface area contributed by atoms with Gasteiger partial charge in [0.15, 0.2) is 16.4 Å². The van der Waals surface area contributed by atoms with Crippen molar-refractivity contribution >= 4 is 98.3 Å². The van der Waals surface area contributed by atoms with E-state index in [0.717, 1.165) is 33.4 Å². The molecule has 5 rings (SSSR count). The van der Waals surface area contributed by atoms with E-state index in [2.05, 4.69) is 25.5 Å². The summed E-state index contributed by atoms with van der Waals surface area (Å²) in [7, 11) is 1.65. The highest BCUT2D eigenvalue weighted by Crippen LogP contribution is 2.47. The first-order chi connectivity index (χ1) is 21.3. The molecule has 0 radical (unpaired) electrons. The number of aromatic nitrogens is 5. The number of aryl methyl sites for hydroxylation is 2. The first-order valence-electron chi connectivity index (χ1n) is 12.9. The predicted molar refractivity (Wildman–Crippen MR) is 163 cm³/mol. The molecule has 236 valence electrons. The van der Waals surface area contributed by atoms with Crippen molar-refractivity contribution in [1.82, 2.24) is 29.9 Å². The number of nitrogens with one attached hydrogen (secondary N) is 1. The number of thioether (sulfide) groups is 1. The van der Waals surface area contributed by atoms with Crippen LogP contribution in [0.5, 0.6) is 0 Å². The number of fused-ring (bicyclic) bond motifs is 2. The Balaban J connectivity index is 1.54. The van der Waals surface area contributed by atoms with E-state index >= 15 is 0 Å². The van der Waals surface area contributed by atoms with Gasteiger partial charge >= 0.3 is 5.97 Å². The van der Waals surface area contributed by atoms with Crippen LogP contribution in [-0.4, -0.2) is 87.2 Å². The van der Waals surface area contributed by atoms with Crippen LogP contribution in [0.25, 0.3) is 11.2 Å². The lowest BCUT2D eigenvalue weighted by Crippen LogP contribution is -2.81. The number of β-lactam (4-membered cyclic amide) rings is 1. The van der Waals surface area contributed by atoms with E-state index in [9.17, 15) is 29.4 Å². The fraction of sp³-hybridized carbons (Fsp3) is 0.333. The van der Waals surface area contributed by atoms with Crippen molar-refractivity contribution in [3.05, 3.63) is 28.2 Å². The number of carbonyl (C=O) groups excluding carboxylic acids is 3. The number of nitrogens with zero attached hydrogens (tertiary/aromatic N) is 7. The predicted octanol–water partition coefficient (Wildman–Crippen LogP) is -2.42. The molecular weight excluding hydrogens is 651 g/mol. The topological polar surface area (TPSA) is 274 Å². The number of thiazole rings is 1. The lowest BCUT2D eigenvalue weighted by Gasteiger charge is -2.56. The van der Waals surface area contributed by atoms with Crippen LogP contribution < -0.4 is 32.1 Å². The first kappa shape index (κ1) is 31.5. The molecule has 0 aliphatic carbocycles. The Morgan fingerprint density at radius 1 is 1.38 bits per heavy atom. The zero-order valence-electron chi connectivity index (χ0n) is 23.7. The van der Waals surface area contributed by atoms with Crippen molar-refractivity contribution in [2.24, 2.45) is 12.2 Å². The van der Waals surface area contributed by atoms with Gasteiger partial charge in [-0.3, -0.25) is 14.5 Å². The van der Waals surface area contributed by atoms with E-state index in [1.165, 1.54) is 9.90 Å². The van der Waals surface area contributed by atoms with Gasteiger partial charge in [0.2, 0.25) is 11.9 Å². The molecule has 18 nitrogen and oxygen atoms in total. The molecule has 1 unspecified atom stereocenters. The Morgan fingerprint density at radius 3 is 2.67 bits per heavy atom. The van der Waals surface area contributed by atoms with Gasteiger partial charge in [-0.2, -0.15) is 0 Å². The molecule has 3 atom stereocenters. The maximum Gasteiger partial charge on any atom is 0.347 e. The number of anilines is 3. The van der Waals surface area contributed by atoms with Crippen molar-refractivity contribution in [3.8, 4) is 0 Å². The van der Waals surface area contributed by atoms with Crippen molar-refractivity contribution in [1.29, 1.82) is 0 Å². The smallest absolute Gasteiger partial charge is 0.347 e. The molecule has 5 heterocycles. The molecule has 8 N–H and O–H groups in total. The summed E-state index contributed by atoms with van der Waals surface area (Å²) in [5, 5.41) is 33.9. The number of thiocarbonyl (C=S) groups is 1. The number of amides is 2. The fourth-order valence-corrected chi connectivity index (χ4v) is 7.19. The summed E-state index contributed by atoms with van der Waals surface area (Å²) in [5.41, 5.74) is 16.0. The standard InChI is InChI=1S/C24H25N11O7S3/c1-4-11(18(37)38)42-32-12(10-6-45-23(27)28-10)16(36)30-24(7-43)20(41)34-13(19(39)40)9(5-44-21(24)34)15-29-14(25)8(2)17-33(3)22(26)31-35(15)17/h6-7,11,21,25H,4-5H2,1-3H3,(H7,26,27,28,30,31,36,37,38,39,40)/b32-12-/t11-,21-,24?/m0/s1. The summed E-state index contributed by atoms with van der Waals surface area (Å²) in [4.78, 5) is 65.8. The SMILES string of the molecule is CC[C@H](O/N=C(\C(=O)NC1(C=S)C(=O)N2C(C(=O)[O-])=C(c3nc(N)c(C)c4n(C)c(N)n[n+]34)CS[C@H]21)c1csc(N)n1)C(=O)O. The van der Waals surface area contributed by atoms with E-state index in [4.69, 9.17) is 34.3 Å². The van der Waals surface area contributed by atoms with E-state index in [-0.39, 0.29) is 46.2 Å². The van der Waals surface area contributed by atoms with Crippen molar-refractivity contribution in [2.45, 2.75) is 37.3 Å². The van der Waals surface area contributed by atoms with Crippen LogP contribution >= 0.6 is 35.3 Å². The Kier molecular flexibility index (Phi) is 8.10. The number of aliphatic carboxylic acids is 2. The summed E-state index contributed by atoms with van der Waals surface area (Å²) in [6, 6.07) is 0. The van der Waals surface area contributed by atoms with E-state index in [1.54, 1.807) is 25.5 Å². The number of carboxylic acids is 2. The van der Waals surface area contributed by atoms with Gasteiger partial charge in [0.1, 0.15) is 11.1 Å². The molecule has 0 spiro atoms. The fourth-order valence-electron chi connectivity index (χ4n) is 4.83. The molecule has 0 bridgehead atoms.